The van der Waals surface area contributed by atoms with Gasteiger partial charge in [0.05, 0.1) is 11.6 Å². The van der Waals surface area contributed by atoms with E-state index in [1.54, 1.807) is 0 Å². The fourth-order valence-corrected chi connectivity index (χ4v) is 2.89. The smallest absolute Gasteiger partial charge is 0.169 e. The van der Waals surface area contributed by atoms with Crippen molar-refractivity contribution >= 4 is 15.9 Å². The van der Waals surface area contributed by atoms with Gasteiger partial charge in [0.25, 0.3) is 0 Å². The van der Waals surface area contributed by atoms with Crippen molar-refractivity contribution in [3.05, 3.63) is 22.6 Å². The first-order chi connectivity index (χ1) is 8.59. The lowest BCUT2D eigenvalue weighted by Crippen LogP contribution is -2.41. The van der Waals surface area contributed by atoms with E-state index in [9.17, 15) is 5.11 Å². The molecule has 18 heavy (non-hydrogen) atoms. The van der Waals surface area contributed by atoms with Crippen LogP contribution in [0.5, 0.6) is 0 Å². The van der Waals surface area contributed by atoms with Gasteiger partial charge < -0.3 is 14.8 Å². The molecule has 0 saturated heterocycles. The zero-order chi connectivity index (χ0) is 13.0. The average Bonchev–Trinajstić information content (AvgIpc) is 2.66. The van der Waals surface area contributed by atoms with E-state index >= 15 is 0 Å². The fourth-order valence-electron chi connectivity index (χ4n) is 2.57. The summed E-state index contributed by atoms with van der Waals surface area (Å²) < 4.78 is 6.26. The van der Waals surface area contributed by atoms with Crippen molar-refractivity contribution in [1.29, 1.82) is 0 Å². The molecule has 1 aliphatic rings. The summed E-state index contributed by atoms with van der Waals surface area (Å²) in [6, 6.07) is 3.98. The Kier molecular flexibility index (Phi) is 4.87. The molecule has 1 aromatic heterocycles. The van der Waals surface area contributed by atoms with Crippen molar-refractivity contribution in [2.75, 3.05) is 6.54 Å². The maximum Gasteiger partial charge on any atom is 0.169 e. The van der Waals surface area contributed by atoms with Crippen LogP contribution in [0, 0.1) is 0 Å². The van der Waals surface area contributed by atoms with E-state index < -0.39 is 5.60 Å². The topological polar surface area (TPSA) is 45.4 Å². The van der Waals surface area contributed by atoms with Gasteiger partial charge in [-0.1, -0.05) is 25.7 Å². The number of hydrogen-bond acceptors (Lipinski definition) is 3. The third kappa shape index (κ3) is 3.84. The highest BCUT2D eigenvalue weighted by molar-refractivity contribution is 9.10. The van der Waals surface area contributed by atoms with Gasteiger partial charge in [-0.2, -0.15) is 0 Å². The van der Waals surface area contributed by atoms with Crippen molar-refractivity contribution in [2.45, 2.75) is 57.1 Å². The molecule has 1 unspecified atom stereocenters. The summed E-state index contributed by atoms with van der Waals surface area (Å²) in [7, 11) is 0. The van der Waals surface area contributed by atoms with Crippen molar-refractivity contribution in [1.82, 2.24) is 5.32 Å². The number of furan rings is 1. The zero-order valence-electron chi connectivity index (χ0n) is 10.9. The first kappa shape index (κ1) is 14.1. The molecule has 1 fully saturated rings. The normalized spacial score (nSPS) is 21.5. The minimum atomic E-state index is -0.533. The minimum absolute atomic E-state index is 0.128. The number of aliphatic hydroxyl groups is 1. The molecule has 0 radical (unpaired) electrons. The lowest BCUT2D eigenvalue weighted by atomic mass is 9.94. The van der Waals surface area contributed by atoms with Gasteiger partial charge in [-0.3, -0.25) is 0 Å². The van der Waals surface area contributed by atoms with Crippen LogP contribution < -0.4 is 5.32 Å². The summed E-state index contributed by atoms with van der Waals surface area (Å²) >= 11 is 3.31. The third-order valence-electron chi connectivity index (χ3n) is 3.79. The van der Waals surface area contributed by atoms with Crippen LogP contribution >= 0.6 is 15.9 Å². The van der Waals surface area contributed by atoms with E-state index in [-0.39, 0.29) is 6.04 Å². The molecule has 0 bridgehead atoms. The van der Waals surface area contributed by atoms with Crippen LogP contribution in [0.2, 0.25) is 0 Å². The van der Waals surface area contributed by atoms with Crippen molar-refractivity contribution in [3.8, 4) is 0 Å². The van der Waals surface area contributed by atoms with Crippen LogP contribution in [0.3, 0.4) is 0 Å². The van der Waals surface area contributed by atoms with E-state index in [1.165, 1.54) is 12.8 Å². The lowest BCUT2D eigenvalue weighted by Gasteiger charge is -2.28. The lowest BCUT2D eigenvalue weighted by molar-refractivity contribution is 0.0226. The van der Waals surface area contributed by atoms with Crippen LogP contribution in [-0.4, -0.2) is 17.3 Å². The Morgan fingerprint density at radius 1 is 1.33 bits per heavy atom. The molecule has 0 spiro atoms. The second-order valence-electron chi connectivity index (χ2n) is 5.38. The Morgan fingerprint density at radius 3 is 2.56 bits per heavy atom. The molecule has 0 amide bonds. The standard InChI is InChI=1S/C14H22BrNO2/c1-11(12-6-7-13(15)18-12)16-10-14(17)8-4-2-3-5-9-14/h6-7,11,16-17H,2-5,8-10H2,1H3. The molecular formula is C14H22BrNO2. The Bertz CT molecular complexity index is 370. The van der Waals surface area contributed by atoms with Crippen LogP contribution in [0.1, 0.15) is 57.3 Å². The minimum Gasteiger partial charge on any atom is -0.453 e. The molecule has 2 rings (SSSR count). The predicted molar refractivity (Wildman–Crippen MR) is 75.5 cm³/mol. The van der Waals surface area contributed by atoms with Crippen molar-refractivity contribution < 1.29 is 9.52 Å². The van der Waals surface area contributed by atoms with E-state index in [2.05, 4.69) is 28.2 Å². The third-order valence-corrected chi connectivity index (χ3v) is 4.22. The highest BCUT2D eigenvalue weighted by Crippen LogP contribution is 2.27. The van der Waals surface area contributed by atoms with Crippen LogP contribution in [0.15, 0.2) is 21.2 Å². The molecule has 3 nitrogen and oxygen atoms in total. The summed E-state index contributed by atoms with van der Waals surface area (Å²) in [4.78, 5) is 0. The molecule has 1 saturated carbocycles. The largest absolute Gasteiger partial charge is 0.453 e. The second kappa shape index (κ2) is 6.22. The molecule has 102 valence electrons. The summed E-state index contributed by atoms with van der Waals surface area (Å²) in [6.07, 6.45) is 6.60. The van der Waals surface area contributed by atoms with Crippen LogP contribution in [-0.2, 0) is 0 Å². The molecule has 1 heterocycles. The first-order valence-corrected chi connectivity index (χ1v) is 7.59. The number of rotatable bonds is 4. The Balaban J connectivity index is 1.86. The molecule has 1 atom stereocenters. The van der Waals surface area contributed by atoms with Gasteiger partial charge in [-0.15, -0.1) is 0 Å². The number of halogens is 1. The van der Waals surface area contributed by atoms with Gasteiger partial charge in [0.15, 0.2) is 4.67 Å². The molecule has 2 N–H and O–H groups in total. The van der Waals surface area contributed by atoms with E-state index in [1.807, 2.05) is 12.1 Å². The predicted octanol–water partition coefficient (Wildman–Crippen LogP) is 3.78. The summed E-state index contributed by atoms with van der Waals surface area (Å²) in [5.74, 6) is 0.902. The summed E-state index contributed by atoms with van der Waals surface area (Å²) in [5.41, 5.74) is -0.533. The SMILES string of the molecule is CC(NCC1(O)CCCCCC1)c1ccc(Br)o1. The fraction of sp³-hybridized carbons (Fsp3) is 0.714. The van der Waals surface area contributed by atoms with Gasteiger partial charge in [0.2, 0.25) is 0 Å². The van der Waals surface area contributed by atoms with E-state index in [0.717, 1.165) is 36.1 Å². The first-order valence-electron chi connectivity index (χ1n) is 6.80. The van der Waals surface area contributed by atoms with Gasteiger partial charge in [-0.25, -0.2) is 0 Å². The maximum atomic E-state index is 10.5. The molecule has 1 aliphatic carbocycles. The second-order valence-corrected chi connectivity index (χ2v) is 6.16. The summed E-state index contributed by atoms with van der Waals surface area (Å²) in [6.45, 7) is 2.71. The molecular weight excluding hydrogens is 294 g/mol. The monoisotopic (exact) mass is 315 g/mol. The van der Waals surface area contributed by atoms with E-state index in [4.69, 9.17) is 4.42 Å². The molecule has 0 aromatic carbocycles. The Labute approximate surface area is 117 Å². The van der Waals surface area contributed by atoms with Crippen LogP contribution in [0.25, 0.3) is 0 Å². The van der Waals surface area contributed by atoms with Crippen LogP contribution in [0.4, 0.5) is 0 Å². The van der Waals surface area contributed by atoms with Gasteiger partial charge in [0.1, 0.15) is 5.76 Å². The molecule has 0 aliphatic heterocycles. The molecule has 4 heteroatoms. The highest BCUT2D eigenvalue weighted by atomic mass is 79.9. The quantitative estimate of drug-likeness (QED) is 0.831. The van der Waals surface area contributed by atoms with Gasteiger partial charge >= 0.3 is 0 Å². The van der Waals surface area contributed by atoms with Gasteiger partial charge in [0, 0.05) is 6.54 Å². The molecule has 1 aromatic rings. The Morgan fingerprint density at radius 2 is 2.00 bits per heavy atom. The summed E-state index contributed by atoms with van der Waals surface area (Å²) in [5, 5.41) is 13.9. The average molecular weight is 316 g/mol. The van der Waals surface area contributed by atoms with Gasteiger partial charge in [-0.05, 0) is 47.8 Å². The number of hydrogen-bond donors (Lipinski definition) is 2. The highest BCUT2D eigenvalue weighted by Gasteiger charge is 2.28. The van der Waals surface area contributed by atoms with E-state index in [0.29, 0.717) is 6.54 Å². The van der Waals surface area contributed by atoms with Crippen molar-refractivity contribution in [3.63, 3.8) is 0 Å². The zero-order valence-corrected chi connectivity index (χ0v) is 12.5. The van der Waals surface area contributed by atoms with Crippen molar-refractivity contribution in [2.24, 2.45) is 0 Å². The Hall–Kier alpha value is -0.320. The maximum absolute atomic E-state index is 10.5. The number of nitrogens with one attached hydrogen (secondary N) is 1.